The summed E-state index contributed by atoms with van der Waals surface area (Å²) in [6.45, 7) is 0. The summed E-state index contributed by atoms with van der Waals surface area (Å²) >= 11 is 13.5. The second-order valence-corrected chi connectivity index (χ2v) is 8.06. The quantitative estimate of drug-likeness (QED) is 0.428. The van der Waals surface area contributed by atoms with Gasteiger partial charge in [0.2, 0.25) is 11.7 Å². The molecule has 0 saturated carbocycles. The van der Waals surface area contributed by atoms with Gasteiger partial charge in [0, 0.05) is 27.7 Å². The number of rotatable bonds is 7. The summed E-state index contributed by atoms with van der Waals surface area (Å²) in [7, 11) is 0. The van der Waals surface area contributed by atoms with Crippen LogP contribution < -0.4 is 5.32 Å². The molecule has 0 aliphatic rings. The van der Waals surface area contributed by atoms with E-state index in [0.717, 1.165) is 16.8 Å². The van der Waals surface area contributed by atoms with Crippen molar-refractivity contribution >= 4 is 46.6 Å². The fraction of sp³-hybridized carbons (Fsp3) is 0.105. The Hall–Kier alpha value is -2.88. The third kappa shape index (κ3) is 4.99. The maximum absolute atomic E-state index is 12.2. The highest BCUT2D eigenvalue weighted by atomic mass is 35.5. The molecule has 0 aliphatic heterocycles. The molecule has 11 heteroatoms. The fourth-order valence-corrected chi connectivity index (χ4v) is 4.04. The number of amides is 1. The van der Waals surface area contributed by atoms with Crippen LogP contribution in [0.5, 0.6) is 0 Å². The molecule has 2 aromatic heterocycles. The first-order chi connectivity index (χ1) is 14.6. The smallest absolute Gasteiger partial charge is 0.234 e. The lowest BCUT2D eigenvalue weighted by molar-refractivity contribution is -0.113. The van der Waals surface area contributed by atoms with E-state index in [-0.39, 0.29) is 5.91 Å². The second-order valence-electron chi connectivity index (χ2n) is 6.23. The van der Waals surface area contributed by atoms with Crippen molar-refractivity contribution < 1.29 is 4.79 Å². The van der Waals surface area contributed by atoms with Gasteiger partial charge < -0.3 is 5.32 Å². The zero-order valence-electron chi connectivity index (χ0n) is 15.4. The van der Waals surface area contributed by atoms with Crippen molar-refractivity contribution in [2.24, 2.45) is 0 Å². The summed E-state index contributed by atoms with van der Waals surface area (Å²) in [5.74, 6) is 1.33. The highest BCUT2D eigenvalue weighted by molar-refractivity contribution is 7.99. The number of hydrogen-bond acceptors (Lipinski definition) is 6. The number of carbonyl (C=O) groups excluding carboxylic acids is 1. The van der Waals surface area contributed by atoms with E-state index in [4.69, 9.17) is 23.2 Å². The molecule has 0 unspecified atom stereocenters. The van der Waals surface area contributed by atoms with E-state index in [2.05, 4.69) is 31.0 Å². The number of tetrazole rings is 1. The lowest BCUT2D eigenvalue weighted by atomic mass is 10.2. The van der Waals surface area contributed by atoms with Crippen molar-refractivity contribution in [2.75, 3.05) is 11.1 Å². The van der Waals surface area contributed by atoms with Crippen LogP contribution in [0.4, 0.5) is 5.69 Å². The summed E-state index contributed by atoms with van der Waals surface area (Å²) < 4.78 is 1.70. The van der Waals surface area contributed by atoms with Crippen LogP contribution in [0, 0.1) is 0 Å². The second kappa shape index (κ2) is 9.29. The number of halogens is 2. The van der Waals surface area contributed by atoms with Crippen molar-refractivity contribution in [3.8, 4) is 17.1 Å². The fourth-order valence-electron chi connectivity index (χ4n) is 2.65. The van der Waals surface area contributed by atoms with Crippen LogP contribution in [-0.2, 0) is 10.5 Å². The van der Waals surface area contributed by atoms with Crippen LogP contribution >= 0.6 is 35.0 Å². The number of thioether (sulfide) groups is 1. The van der Waals surface area contributed by atoms with Crippen molar-refractivity contribution in [3.63, 3.8) is 0 Å². The van der Waals surface area contributed by atoms with Gasteiger partial charge in [-0.3, -0.25) is 4.79 Å². The number of H-pyrrole nitrogens is 1. The van der Waals surface area contributed by atoms with Gasteiger partial charge in [-0.2, -0.15) is 10.3 Å². The molecule has 4 aromatic rings. The summed E-state index contributed by atoms with van der Waals surface area (Å²) in [4.78, 5) is 12.2. The van der Waals surface area contributed by atoms with Crippen LogP contribution in [0.15, 0.2) is 54.9 Å². The highest BCUT2D eigenvalue weighted by Gasteiger charge is 2.08. The summed E-state index contributed by atoms with van der Waals surface area (Å²) in [6, 6.07) is 12.7. The van der Waals surface area contributed by atoms with Gasteiger partial charge in [0.25, 0.3) is 0 Å². The first kappa shape index (κ1) is 20.4. The molecule has 30 heavy (non-hydrogen) atoms. The highest BCUT2D eigenvalue weighted by Crippen LogP contribution is 2.25. The van der Waals surface area contributed by atoms with Gasteiger partial charge >= 0.3 is 0 Å². The van der Waals surface area contributed by atoms with Crippen molar-refractivity contribution in [1.82, 2.24) is 30.4 Å². The number of anilines is 1. The SMILES string of the molecule is O=C(CSCc1ccc(Cl)cc1Cl)Nc1ccc(-n2cc(-c3nn[nH]n3)cn2)cc1. The van der Waals surface area contributed by atoms with E-state index < -0.39 is 0 Å². The first-order valence-electron chi connectivity index (χ1n) is 8.79. The van der Waals surface area contributed by atoms with Crippen LogP contribution in [0.3, 0.4) is 0 Å². The van der Waals surface area contributed by atoms with Gasteiger partial charge in [-0.1, -0.05) is 29.3 Å². The number of aromatic amines is 1. The Morgan fingerprint density at radius 3 is 2.73 bits per heavy atom. The topological polar surface area (TPSA) is 101 Å². The number of nitrogens with one attached hydrogen (secondary N) is 2. The van der Waals surface area contributed by atoms with E-state index in [0.29, 0.717) is 33.1 Å². The maximum Gasteiger partial charge on any atom is 0.234 e. The molecule has 0 radical (unpaired) electrons. The molecule has 0 saturated heterocycles. The molecule has 2 N–H and O–H groups in total. The minimum Gasteiger partial charge on any atom is -0.325 e. The Kier molecular flexibility index (Phi) is 6.32. The Bertz CT molecular complexity index is 1150. The zero-order chi connectivity index (χ0) is 20.9. The van der Waals surface area contributed by atoms with Crippen LogP contribution in [0.1, 0.15) is 5.56 Å². The standard InChI is InChI=1S/C19H15Cl2N7OS/c20-14-2-1-12(17(21)7-14)10-30-11-18(29)23-15-3-5-16(6-4-15)28-9-13(8-22-28)19-24-26-27-25-19/h1-9H,10-11H2,(H,23,29)(H,24,25,26,27). The summed E-state index contributed by atoms with van der Waals surface area (Å²) in [6.07, 6.45) is 3.46. The van der Waals surface area contributed by atoms with E-state index in [1.165, 1.54) is 11.8 Å². The molecule has 4 rings (SSSR count). The maximum atomic E-state index is 12.2. The van der Waals surface area contributed by atoms with Crippen LogP contribution in [-0.4, -0.2) is 42.1 Å². The van der Waals surface area contributed by atoms with Gasteiger partial charge in [0.1, 0.15) is 0 Å². The largest absolute Gasteiger partial charge is 0.325 e. The average Bonchev–Trinajstić information content (AvgIpc) is 3.42. The molecule has 0 spiro atoms. The number of aromatic nitrogens is 6. The van der Waals surface area contributed by atoms with Gasteiger partial charge in [0.05, 0.1) is 23.2 Å². The number of benzene rings is 2. The Balaban J connectivity index is 1.30. The predicted molar refractivity (Wildman–Crippen MR) is 118 cm³/mol. The van der Waals surface area contributed by atoms with E-state index in [1.54, 1.807) is 29.2 Å². The molecular weight excluding hydrogens is 445 g/mol. The van der Waals surface area contributed by atoms with Crippen molar-refractivity contribution in [2.45, 2.75) is 5.75 Å². The lowest BCUT2D eigenvalue weighted by Gasteiger charge is -2.08. The molecule has 0 aliphatic carbocycles. The monoisotopic (exact) mass is 459 g/mol. The van der Waals surface area contributed by atoms with Crippen molar-refractivity contribution in [1.29, 1.82) is 0 Å². The lowest BCUT2D eigenvalue weighted by Crippen LogP contribution is -2.14. The first-order valence-corrected chi connectivity index (χ1v) is 10.7. The van der Waals surface area contributed by atoms with E-state index in [1.807, 2.05) is 30.3 Å². The summed E-state index contributed by atoms with van der Waals surface area (Å²) in [5.41, 5.74) is 3.25. The molecular formula is C19H15Cl2N7OS. The molecule has 0 fully saturated rings. The van der Waals surface area contributed by atoms with E-state index in [9.17, 15) is 4.79 Å². The Morgan fingerprint density at radius 2 is 2.00 bits per heavy atom. The van der Waals surface area contributed by atoms with E-state index >= 15 is 0 Å². The van der Waals surface area contributed by atoms with Crippen LogP contribution in [0.2, 0.25) is 10.0 Å². The summed E-state index contributed by atoms with van der Waals surface area (Å²) in [5, 5.41) is 22.2. The van der Waals surface area contributed by atoms with Gasteiger partial charge in [-0.15, -0.1) is 22.0 Å². The molecule has 0 atom stereocenters. The number of carbonyl (C=O) groups is 1. The number of nitrogens with zero attached hydrogens (tertiary/aromatic N) is 5. The van der Waals surface area contributed by atoms with Crippen molar-refractivity contribution in [3.05, 3.63) is 70.5 Å². The molecule has 2 aromatic carbocycles. The third-order valence-corrected chi connectivity index (χ3v) is 5.68. The molecule has 0 bridgehead atoms. The van der Waals surface area contributed by atoms with Gasteiger partial charge in [-0.05, 0) is 47.2 Å². The normalized spacial score (nSPS) is 10.9. The zero-order valence-corrected chi connectivity index (χ0v) is 17.7. The predicted octanol–water partition coefficient (Wildman–Crippen LogP) is 4.23. The minimum absolute atomic E-state index is 0.0867. The van der Waals surface area contributed by atoms with Gasteiger partial charge in [-0.25, -0.2) is 4.68 Å². The molecule has 1 amide bonds. The molecule has 2 heterocycles. The molecule has 8 nitrogen and oxygen atoms in total. The Labute approximate surface area is 186 Å². The number of hydrogen-bond donors (Lipinski definition) is 2. The van der Waals surface area contributed by atoms with Crippen LogP contribution in [0.25, 0.3) is 17.1 Å². The van der Waals surface area contributed by atoms with Gasteiger partial charge in [0.15, 0.2) is 0 Å². The third-order valence-electron chi connectivity index (χ3n) is 4.11. The minimum atomic E-state index is -0.0867. The molecule has 152 valence electrons. The average molecular weight is 460 g/mol. The Morgan fingerprint density at radius 1 is 1.17 bits per heavy atom.